The lowest BCUT2D eigenvalue weighted by atomic mass is 10.1. The Morgan fingerprint density at radius 1 is 1.12 bits per heavy atom. The van der Waals surface area contributed by atoms with Crippen molar-refractivity contribution in [2.45, 2.75) is 30.0 Å². The molecule has 0 unspecified atom stereocenters. The number of hydrogen-bond donors (Lipinski definition) is 9. The largest absolute Gasteiger partial charge is 0.481 e. The Morgan fingerprint density at radius 2 is 1.79 bits per heavy atom. The van der Waals surface area contributed by atoms with Gasteiger partial charge in [-0.2, -0.15) is 0 Å². The molecular weight excluding hydrogens is 470 g/mol. The molecule has 0 spiro atoms. The van der Waals surface area contributed by atoms with Gasteiger partial charge in [0.1, 0.15) is 12.3 Å². The summed E-state index contributed by atoms with van der Waals surface area (Å²) in [6.45, 7) is 0. The van der Waals surface area contributed by atoms with Crippen molar-refractivity contribution in [3.05, 3.63) is 58.4 Å². The lowest BCUT2D eigenvalue weighted by Gasteiger charge is -2.34. The summed E-state index contributed by atoms with van der Waals surface area (Å²) < 4.78 is 23.8. The highest BCUT2D eigenvalue weighted by atomic mass is 32.3. The number of aliphatic carboxylic acids is 2. The molecule has 3 aromatic rings. The van der Waals surface area contributed by atoms with Gasteiger partial charge in [0.2, 0.25) is 5.95 Å². The van der Waals surface area contributed by atoms with Crippen LogP contribution in [0.25, 0.3) is 10.9 Å². The van der Waals surface area contributed by atoms with Crippen molar-refractivity contribution in [2.75, 3.05) is 10.5 Å². The van der Waals surface area contributed by atoms with Crippen molar-refractivity contribution >= 4 is 45.3 Å². The maximum Gasteiger partial charge on any atom is 0.320 e. The van der Waals surface area contributed by atoms with E-state index in [-0.39, 0.29) is 45.8 Å². The number of fused-ring (bicyclic) bond motifs is 1. The average Bonchev–Trinajstić information content (AvgIpc) is 2.76. The number of rotatable bonds is 10. The molecule has 182 valence electrons. The fourth-order valence-electron chi connectivity index (χ4n) is 3.10. The predicted molar refractivity (Wildman–Crippen MR) is 124 cm³/mol. The van der Waals surface area contributed by atoms with Crippen molar-refractivity contribution in [3.8, 4) is 0 Å². The molecule has 0 saturated carbocycles. The van der Waals surface area contributed by atoms with E-state index in [0.29, 0.717) is 0 Å². The van der Waals surface area contributed by atoms with Crippen LogP contribution in [-0.2, 0) is 9.59 Å². The lowest BCUT2D eigenvalue weighted by molar-refractivity contribution is -0.141. The number of carboxylic acid groups (broad SMARTS) is 2. The van der Waals surface area contributed by atoms with Crippen LogP contribution < -0.4 is 21.3 Å². The zero-order chi connectivity index (χ0) is 25.0. The van der Waals surface area contributed by atoms with Crippen LogP contribution >= 0.6 is 10.8 Å². The molecule has 3 rings (SSSR count). The van der Waals surface area contributed by atoms with Gasteiger partial charge in [-0.05, 0) is 42.3 Å². The smallest absolute Gasteiger partial charge is 0.320 e. The molecule has 0 aliphatic carbocycles. The molecule has 0 fully saturated rings. The van der Waals surface area contributed by atoms with Crippen LogP contribution in [0.4, 0.5) is 11.6 Å². The van der Waals surface area contributed by atoms with Crippen molar-refractivity contribution in [2.24, 2.45) is 0 Å². The van der Waals surface area contributed by atoms with Crippen LogP contribution in [0.3, 0.4) is 0 Å². The summed E-state index contributed by atoms with van der Waals surface area (Å²) in [6, 6.07) is 8.52. The maximum atomic E-state index is 12.1. The average molecular weight is 493 g/mol. The minimum absolute atomic E-state index is 0.0329. The summed E-state index contributed by atoms with van der Waals surface area (Å²) in [7, 11) is -3.58. The van der Waals surface area contributed by atoms with E-state index in [0.717, 1.165) is 0 Å². The Labute approximate surface area is 193 Å². The zero-order valence-corrected chi connectivity index (χ0v) is 18.3. The molecule has 0 amide bonds. The van der Waals surface area contributed by atoms with Gasteiger partial charge < -0.3 is 21.1 Å². The number of aromatic nitrogens is 2. The van der Waals surface area contributed by atoms with Gasteiger partial charge in [0.15, 0.2) is 0 Å². The number of anilines is 2. The summed E-state index contributed by atoms with van der Waals surface area (Å²) in [5.74, 6) is -2.53. The molecule has 1 heterocycles. The molecule has 0 aliphatic heterocycles. The van der Waals surface area contributed by atoms with Crippen LogP contribution in [0.2, 0.25) is 0 Å². The molecule has 1 aromatic heterocycles. The zero-order valence-electron chi connectivity index (χ0n) is 17.5. The normalized spacial score (nSPS) is 13.9. The number of nitrogens with one attached hydrogen (secondary N) is 3. The van der Waals surface area contributed by atoms with E-state index < -0.39 is 40.5 Å². The van der Waals surface area contributed by atoms with E-state index in [1.165, 1.54) is 42.5 Å². The molecule has 14 heteroatoms. The van der Waals surface area contributed by atoms with Crippen LogP contribution in [0.1, 0.15) is 24.6 Å². The molecule has 0 aliphatic rings. The van der Waals surface area contributed by atoms with Gasteiger partial charge in [-0.15, -0.1) is 0 Å². The van der Waals surface area contributed by atoms with Gasteiger partial charge in [0, 0.05) is 6.42 Å². The lowest BCUT2D eigenvalue weighted by Crippen LogP contribution is -2.39. The number of H-pyrrole nitrogens is 1. The standard InChI is InChI=1S/C20H23N5O8S/c21-20-23-14-6-5-12(9-13(14)18(29)24-20)34(32,33)25-11-3-1-10(2-4-11)17(28)22-15(19(30)31)7-8-16(26)27/h1-6,9,15,17,22,25,28,32-33H,7-8H2,(H,26,27)(H,30,31)(H3,21,23,24,29)/t15-,17-/m0/s1. The van der Waals surface area contributed by atoms with Crippen LogP contribution in [0, 0.1) is 0 Å². The van der Waals surface area contributed by atoms with E-state index in [4.69, 9.17) is 10.8 Å². The van der Waals surface area contributed by atoms with E-state index >= 15 is 0 Å². The summed E-state index contributed by atoms with van der Waals surface area (Å²) in [5, 5.41) is 30.7. The quantitative estimate of drug-likeness (QED) is 0.183. The number of carboxylic acids is 2. The molecule has 13 nitrogen and oxygen atoms in total. The summed E-state index contributed by atoms with van der Waals surface area (Å²) in [6.07, 6.45) is -2.02. The van der Waals surface area contributed by atoms with E-state index in [1.54, 1.807) is 0 Å². The first kappa shape index (κ1) is 24.9. The number of aromatic amines is 1. The Hall–Kier alpha value is -3.69. The second kappa shape index (κ2) is 10.1. The second-order valence-electron chi connectivity index (χ2n) is 7.30. The van der Waals surface area contributed by atoms with E-state index in [9.17, 15) is 33.7 Å². The Morgan fingerprint density at radius 3 is 2.41 bits per heavy atom. The Kier molecular flexibility index (Phi) is 7.38. The molecule has 0 radical (unpaired) electrons. The monoisotopic (exact) mass is 493 g/mol. The topological polar surface area (TPSA) is 231 Å². The number of aliphatic hydroxyl groups excluding tert-OH is 1. The number of carbonyl (C=O) groups is 2. The fourth-order valence-corrected chi connectivity index (χ4v) is 4.22. The Bertz CT molecular complexity index is 1260. The molecule has 2 aromatic carbocycles. The third kappa shape index (κ3) is 6.00. The van der Waals surface area contributed by atoms with E-state index in [2.05, 4.69) is 20.0 Å². The number of nitrogens with two attached hydrogens (primary N) is 1. The van der Waals surface area contributed by atoms with Crippen molar-refractivity contribution in [1.82, 2.24) is 15.3 Å². The number of benzene rings is 2. The van der Waals surface area contributed by atoms with Gasteiger partial charge in [0.25, 0.3) is 5.56 Å². The SMILES string of the molecule is Nc1nc2ccc(S(O)(O)Nc3ccc([C@H](O)N[C@@H](CCC(=O)O)C(=O)O)cc3)cc2c(=O)[nH]1. The van der Waals surface area contributed by atoms with Crippen LogP contribution in [0.5, 0.6) is 0 Å². The fraction of sp³-hybridized carbons (Fsp3) is 0.200. The first-order valence-corrected chi connectivity index (χ1v) is 11.3. The molecular formula is C20H23N5O8S. The van der Waals surface area contributed by atoms with Crippen molar-refractivity contribution < 1.29 is 34.0 Å². The van der Waals surface area contributed by atoms with E-state index in [1.807, 2.05) is 0 Å². The molecule has 10 N–H and O–H groups in total. The molecule has 0 bridgehead atoms. The first-order chi connectivity index (χ1) is 16.0. The van der Waals surface area contributed by atoms with Gasteiger partial charge >= 0.3 is 11.9 Å². The molecule has 34 heavy (non-hydrogen) atoms. The van der Waals surface area contributed by atoms with Crippen LogP contribution in [-0.4, -0.2) is 52.4 Å². The van der Waals surface area contributed by atoms with Gasteiger partial charge in [0.05, 0.1) is 21.5 Å². The third-order valence-electron chi connectivity index (χ3n) is 4.81. The van der Waals surface area contributed by atoms with Gasteiger partial charge in [-0.3, -0.25) is 38.5 Å². The summed E-state index contributed by atoms with van der Waals surface area (Å²) in [4.78, 5) is 40.4. The third-order valence-corrected chi connectivity index (χ3v) is 6.25. The highest BCUT2D eigenvalue weighted by molar-refractivity contribution is 8.25. The van der Waals surface area contributed by atoms with Gasteiger partial charge in [-0.25, -0.2) is 4.98 Å². The minimum Gasteiger partial charge on any atom is -0.481 e. The van der Waals surface area contributed by atoms with Crippen molar-refractivity contribution in [1.29, 1.82) is 0 Å². The first-order valence-electron chi connectivity index (χ1n) is 9.80. The number of nitrogen functional groups attached to an aromatic ring is 1. The highest BCUT2D eigenvalue weighted by Gasteiger charge is 2.22. The molecule has 0 saturated heterocycles. The number of hydrogen-bond acceptors (Lipinski definition) is 10. The van der Waals surface area contributed by atoms with Crippen LogP contribution in [0.15, 0.2) is 52.2 Å². The summed E-state index contributed by atoms with van der Waals surface area (Å²) in [5.41, 5.74) is 5.79. The predicted octanol–water partition coefficient (Wildman–Crippen LogP) is 1.54. The van der Waals surface area contributed by atoms with Crippen molar-refractivity contribution in [3.63, 3.8) is 0 Å². The highest BCUT2D eigenvalue weighted by Crippen LogP contribution is 2.48. The molecule has 2 atom stereocenters. The van der Waals surface area contributed by atoms with Gasteiger partial charge in [-0.1, -0.05) is 22.9 Å². The summed E-state index contributed by atoms with van der Waals surface area (Å²) >= 11 is 0. The maximum absolute atomic E-state index is 12.1. The number of nitrogens with zero attached hydrogens (tertiary/aromatic N) is 1. The Balaban J connectivity index is 1.73. The second-order valence-corrected chi connectivity index (χ2v) is 9.07. The minimum atomic E-state index is -3.58. The number of aliphatic hydroxyl groups is 1.